The maximum atomic E-state index is 14.3. The van der Waals surface area contributed by atoms with E-state index in [4.69, 9.17) is 4.99 Å². The highest BCUT2D eigenvalue weighted by atomic mass is 19.1. The van der Waals surface area contributed by atoms with Gasteiger partial charge >= 0.3 is 0 Å². The van der Waals surface area contributed by atoms with E-state index in [1.807, 2.05) is 19.9 Å². The molecule has 2 heterocycles. The average molecular weight is 322 g/mol. The van der Waals surface area contributed by atoms with E-state index >= 15 is 0 Å². The Bertz CT molecular complexity index is 990. The Labute approximate surface area is 138 Å². The molecule has 0 radical (unpaired) electrons. The van der Waals surface area contributed by atoms with Gasteiger partial charge in [-0.2, -0.15) is 0 Å². The van der Waals surface area contributed by atoms with Crippen LogP contribution in [0.1, 0.15) is 30.7 Å². The molecule has 1 aromatic heterocycles. The lowest BCUT2D eigenvalue weighted by Gasteiger charge is -2.29. The van der Waals surface area contributed by atoms with Gasteiger partial charge in [0.1, 0.15) is 11.6 Å². The third-order valence-electron chi connectivity index (χ3n) is 4.32. The minimum Gasteiger partial charge on any atom is -0.276 e. The molecule has 0 bridgehead atoms. The van der Waals surface area contributed by atoms with Gasteiger partial charge in [0.15, 0.2) is 0 Å². The summed E-state index contributed by atoms with van der Waals surface area (Å²) in [5.41, 5.74) is 2.87. The van der Waals surface area contributed by atoms with Gasteiger partial charge in [-0.1, -0.05) is 18.2 Å². The topological polar surface area (TPSA) is 25.2 Å². The minimum atomic E-state index is -0.414. The molecular formula is C20H16F2N2. The normalized spacial score (nSPS) is 15.9. The molecule has 0 fully saturated rings. The number of halogens is 2. The SMILES string of the molecule is CC1(C)Cc2c(F)cccc2C(c2ccc3c(F)cccc3n2)=N1. The van der Waals surface area contributed by atoms with Crippen molar-refractivity contribution in [3.05, 3.63) is 77.0 Å². The zero-order valence-corrected chi connectivity index (χ0v) is 13.5. The van der Waals surface area contributed by atoms with Crippen molar-refractivity contribution in [1.82, 2.24) is 4.98 Å². The first-order valence-corrected chi connectivity index (χ1v) is 7.88. The maximum absolute atomic E-state index is 14.3. The summed E-state index contributed by atoms with van der Waals surface area (Å²) in [4.78, 5) is 9.35. The molecule has 0 N–H and O–H groups in total. The van der Waals surface area contributed by atoms with Crippen LogP contribution in [0.25, 0.3) is 10.9 Å². The van der Waals surface area contributed by atoms with Crippen molar-refractivity contribution < 1.29 is 8.78 Å². The summed E-state index contributed by atoms with van der Waals surface area (Å²) in [6, 6.07) is 13.3. The van der Waals surface area contributed by atoms with Crippen molar-refractivity contribution in [3.8, 4) is 0 Å². The van der Waals surface area contributed by atoms with Crippen LogP contribution >= 0.6 is 0 Å². The van der Waals surface area contributed by atoms with Crippen LogP contribution in [0.5, 0.6) is 0 Å². The number of rotatable bonds is 1. The maximum Gasteiger partial charge on any atom is 0.132 e. The van der Waals surface area contributed by atoms with Crippen LogP contribution in [0.2, 0.25) is 0 Å². The molecule has 0 saturated carbocycles. The summed E-state index contributed by atoms with van der Waals surface area (Å²) in [6.45, 7) is 3.95. The first-order valence-electron chi connectivity index (χ1n) is 7.88. The molecule has 24 heavy (non-hydrogen) atoms. The summed E-state index contributed by atoms with van der Waals surface area (Å²) in [5.74, 6) is -0.524. The van der Waals surface area contributed by atoms with Gasteiger partial charge in [0, 0.05) is 17.4 Å². The largest absolute Gasteiger partial charge is 0.276 e. The first kappa shape index (κ1) is 14.9. The third-order valence-corrected chi connectivity index (χ3v) is 4.32. The fraction of sp³-hybridized carbons (Fsp3) is 0.200. The Hall–Kier alpha value is -2.62. The van der Waals surface area contributed by atoms with Crippen LogP contribution in [0.15, 0.2) is 53.5 Å². The fourth-order valence-electron chi connectivity index (χ4n) is 3.24. The highest BCUT2D eigenvalue weighted by molar-refractivity contribution is 6.14. The number of hydrogen-bond acceptors (Lipinski definition) is 2. The van der Waals surface area contributed by atoms with E-state index in [9.17, 15) is 8.78 Å². The molecule has 2 aromatic carbocycles. The molecule has 0 spiro atoms. The van der Waals surface area contributed by atoms with Gasteiger partial charge in [-0.25, -0.2) is 13.8 Å². The molecule has 0 atom stereocenters. The summed E-state index contributed by atoms with van der Waals surface area (Å²) >= 11 is 0. The Balaban J connectivity index is 1.95. The predicted octanol–water partition coefficient (Wildman–Crippen LogP) is 4.69. The number of nitrogens with zero attached hydrogens (tertiary/aromatic N) is 2. The summed E-state index contributed by atoms with van der Waals surface area (Å²) < 4.78 is 28.1. The smallest absolute Gasteiger partial charge is 0.132 e. The molecule has 0 aliphatic carbocycles. The number of benzene rings is 2. The molecular weight excluding hydrogens is 306 g/mol. The Morgan fingerprint density at radius 3 is 2.50 bits per heavy atom. The van der Waals surface area contributed by atoms with Gasteiger partial charge in [0.25, 0.3) is 0 Å². The van der Waals surface area contributed by atoms with E-state index in [1.54, 1.807) is 30.3 Å². The van der Waals surface area contributed by atoms with Crippen molar-refractivity contribution in [2.45, 2.75) is 25.8 Å². The second-order valence-electron chi connectivity index (χ2n) is 6.72. The number of pyridine rings is 1. The van der Waals surface area contributed by atoms with E-state index in [0.717, 1.165) is 5.56 Å². The molecule has 0 amide bonds. The molecule has 3 aromatic rings. The molecule has 0 saturated heterocycles. The van der Waals surface area contributed by atoms with Gasteiger partial charge in [-0.3, -0.25) is 4.99 Å². The van der Waals surface area contributed by atoms with Gasteiger partial charge in [-0.05, 0) is 49.7 Å². The molecule has 0 unspecified atom stereocenters. The van der Waals surface area contributed by atoms with Crippen LogP contribution in [-0.2, 0) is 6.42 Å². The van der Waals surface area contributed by atoms with Gasteiger partial charge in [-0.15, -0.1) is 0 Å². The zero-order valence-electron chi connectivity index (χ0n) is 13.5. The van der Waals surface area contributed by atoms with Crippen LogP contribution < -0.4 is 0 Å². The lowest BCUT2D eigenvalue weighted by Crippen LogP contribution is -2.30. The van der Waals surface area contributed by atoms with Crippen molar-refractivity contribution in [3.63, 3.8) is 0 Å². The molecule has 2 nitrogen and oxygen atoms in total. The van der Waals surface area contributed by atoms with Crippen molar-refractivity contribution in [2.75, 3.05) is 0 Å². The molecule has 4 rings (SSSR count). The van der Waals surface area contributed by atoms with Crippen molar-refractivity contribution in [1.29, 1.82) is 0 Å². The first-order chi connectivity index (χ1) is 11.4. The quantitative estimate of drug-likeness (QED) is 0.638. The average Bonchev–Trinajstić information content (AvgIpc) is 2.54. The van der Waals surface area contributed by atoms with E-state index in [1.165, 1.54) is 12.1 Å². The standard InChI is InChI=1S/C20H16F2N2/c1-20(2)11-14-12(5-3-6-16(14)22)19(24-20)18-10-9-13-15(21)7-4-8-17(13)23-18/h3-10H,11H2,1-2H3. The second-order valence-corrected chi connectivity index (χ2v) is 6.72. The Kier molecular flexibility index (Phi) is 3.23. The summed E-state index contributed by atoms with van der Waals surface area (Å²) in [6.07, 6.45) is 0.542. The van der Waals surface area contributed by atoms with Crippen LogP contribution in [0, 0.1) is 11.6 Å². The van der Waals surface area contributed by atoms with E-state index < -0.39 is 5.54 Å². The molecule has 1 aliphatic heterocycles. The van der Waals surface area contributed by atoms with Crippen LogP contribution in [-0.4, -0.2) is 16.2 Å². The summed E-state index contributed by atoms with van der Waals surface area (Å²) in [7, 11) is 0. The van der Waals surface area contributed by atoms with Crippen LogP contribution in [0.3, 0.4) is 0 Å². The zero-order chi connectivity index (χ0) is 16.9. The number of fused-ring (bicyclic) bond motifs is 2. The van der Waals surface area contributed by atoms with Crippen LogP contribution in [0.4, 0.5) is 8.78 Å². The summed E-state index contributed by atoms with van der Waals surface area (Å²) in [5, 5.41) is 0.469. The van der Waals surface area contributed by atoms with Crippen molar-refractivity contribution in [2.24, 2.45) is 4.99 Å². The number of hydrogen-bond donors (Lipinski definition) is 0. The highest BCUT2D eigenvalue weighted by Gasteiger charge is 2.30. The van der Waals surface area contributed by atoms with Gasteiger partial charge in [0.2, 0.25) is 0 Å². The predicted molar refractivity (Wildman–Crippen MR) is 91.5 cm³/mol. The van der Waals surface area contributed by atoms with E-state index in [0.29, 0.717) is 34.3 Å². The lowest BCUT2D eigenvalue weighted by atomic mass is 9.85. The Morgan fingerprint density at radius 2 is 1.67 bits per heavy atom. The van der Waals surface area contributed by atoms with Gasteiger partial charge in [0.05, 0.1) is 22.5 Å². The monoisotopic (exact) mass is 322 g/mol. The van der Waals surface area contributed by atoms with Crippen molar-refractivity contribution >= 4 is 16.6 Å². The fourth-order valence-corrected chi connectivity index (χ4v) is 3.24. The van der Waals surface area contributed by atoms with E-state index in [2.05, 4.69) is 4.98 Å². The lowest BCUT2D eigenvalue weighted by molar-refractivity contribution is 0.492. The Morgan fingerprint density at radius 1 is 0.917 bits per heavy atom. The highest BCUT2D eigenvalue weighted by Crippen LogP contribution is 2.31. The van der Waals surface area contributed by atoms with Gasteiger partial charge < -0.3 is 0 Å². The molecule has 120 valence electrons. The second kappa shape index (κ2) is 5.20. The molecule has 1 aliphatic rings. The third kappa shape index (κ3) is 2.39. The number of aliphatic imine (C=N–C) groups is 1. The molecule has 4 heteroatoms. The van der Waals surface area contributed by atoms with E-state index in [-0.39, 0.29) is 11.6 Å². The minimum absolute atomic E-state index is 0.222. The number of aromatic nitrogens is 1.